The Kier molecular flexibility index (Phi) is 10.1. The molecule has 0 N–H and O–H groups in total. The predicted octanol–water partition coefficient (Wildman–Crippen LogP) is 4.00. The Balaban J connectivity index is 1.47. The number of carbonyl (C=O) groups excluding carboxylic acids is 2. The van der Waals surface area contributed by atoms with E-state index in [1.54, 1.807) is 39.5 Å². The van der Waals surface area contributed by atoms with E-state index in [1.807, 2.05) is 30.3 Å². The Hall–Kier alpha value is -4.48. The molecular formula is C33H37FN4O6. The summed E-state index contributed by atoms with van der Waals surface area (Å²) in [4.78, 5) is 31.4. The molecule has 2 heterocycles. The molecular weight excluding hydrogens is 567 g/mol. The lowest BCUT2D eigenvalue weighted by molar-refractivity contribution is -0.133. The van der Waals surface area contributed by atoms with E-state index in [4.69, 9.17) is 24.0 Å². The Morgan fingerprint density at radius 1 is 0.955 bits per heavy atom. The molecule has 1 saturated heterocycles. The van der Waals surface area contributed by atoms with Crippen LogP contribution in [0.3, 0.4) is 0 Å². The SMILES string of the molecule is COc1ccc(C2=NN(C(=O)CN(CCN3CCOCC3)C(=O)c3ccccc3F)[C@H](c3cc(OC)ccc3OC)C2)cc1. The van der Waals surface area contributed by atoms with Crippen molar-refractivity contribution in [3.8, 4) is 17.2 Å². The van der Waals surface area contributed by atoms with E-state index in [0.29, 0.717) is 54.7 Å². The lowest BCUT2D eigenvalue weighted by Crippen LogP contribution is -2.46. The number of benzene rings is 3. The number of rotatable bonds is 11. The van der Waals surface area contributed by atoms with Crippen LogP contribution in [0.15, 0.2) is 71.8 Å². The smallest absolute Gasteiger partial charge is 0.262 e. The number of hydrogen-bond donors (Lipinski definition) is 0. The highest BCUT2D eigenvalue weighted by molar-refractivity contribution is 6.04. The maximum absolute atomic E-state index is 14.7. The van der Waals surface area contributed by atoms with Gasteiger partial charge in [0.15, 0.2) is 0 Å². The fourth-order valence-electron chi connectivity index (χ4n) is 5.42. The maximum Gasteiger partial charge on any atom is 0.262 e. The van der Waals surface area contributed by atoms with Crippen LogP contribution in [0, 0.1) is 5.82 Å². The number of amides is 2. The first kappa shape index (κ1) is 31.0. The van der Waals surface area contributed by atoms with Gasteiger partial charge in [-0.15, -0.1) is 0 Å². The Bertz CT molecular complexity index is 1490. The molecule has 0 aromatic heterocycles. The topological polar surface area (TPSA) is 93.1 Å². The van der Waals surface area contributed by atoms with Gasteiger partial charge in [-0.2, -0.15) is 5.10 Å². The number of morpholine rings is 1. The van der Waals surface area contributed by atoms with Crippen LogP contribution in [0.5, 0.6) is 17.2 Å². The molecule has 3 aromatic rings. The molecule has 3 aromatic carbocycles. The second kappa shape index (κ2) is 14.3. The third-order valence-electron chi connectivity index (χ3n) is 7.89. The average molecular weight is 605 g/mol. The molecule has 0 unspecified atom stereocenters. The zero-order valence-corrected chi connectivity index (χ0v) is 25.2. The van der Waals surface area contributed by atoms with Gasteiger partial charge in [0.25, 0.3) is 11.8 Å². The minimum Gasteiger partial charge on any atom is -0.497 e. The van der Waals surface area contributed by atoms with E-state index in [2.05, 4.69) is 4.90 Å². The minimum atomic E-state index is -0.638. The average Bonchev–Trinajstić information content (AvgIpc) is 3.52. The second-order valence-electron chi connectivity index (χ2n) is 10.5. The third kappa shape index (κ3) is 7.00. The first-order valence-corrected chi connectivity index (χ1v) is 14.5. The van der Waals surface area contributed by atoms with Gasteiger partial charge in [-0.3, -0.25) is 14.5 Å². The van der Waals surface area contributed by atoms with Crippen LogP contribution >= 0.6 is 0 Å². The van der Waals surface area contributed by atoms with E-state index >= 15 is 0 Å². The molecule has 11 heteroatoms. The van der Waals surface area contributed by atoms with Crippen molar-refractivity contribution in [2.24, 2.45) is 5.10 Å². The highest BCUT2D eigenvalue weighted by atomic mass is 19.1. The fourth-order valence-corrected chi connectivity index (χ4v) is 5.42. The summed E-state index contributed by atoms with van der Waals surface area (Å²) in [6.07, 6.45) is 0.399. The van der Waals surface area contributed by atoms with Crippen LogP contribution < -0.4 is 14.2 Å². The number of carbonyl (C=O) groups is 2. The molecule has 0 saturated carbocycles. The highest BCUT2D eigenvalue weighted by Gasteiger charge is 2.36. The standard InChI is InChI=1S/C33H37FN4O6/c1-41-24-10-8-23(9-11-24)29-21-30(27-20-25(42-2)12-13-31(27)43-3)38(35-29)32(39)22-37(15-14-36-16-18-44-19-17-36)33(40)26-6-4-5-7-28(26)34/h4-13,20,30H,14-19,21-22H2,1-3H3/t30-/m0/s1. The number of methoxy groups -OCH3 is 3. The Morgan fingerprint density at radius 2 is 1.66 bits per heavy atom. The molecule has 0 bridgehead atoms. The molecule has 44 heavy (non-hydrogen) atoms. The van der Waals surface area contributed by atoms with Crippen LogP contribution in [-0.2, 0) is 9.53 Å². The number of halogens is 1. The molecule has 2 aliphatic rings. The van der Waals surface area contributed by atoms with Crippen molar-refractivity contribution in [2.75, 3.05) is 67.3 Å². The third-order valence-corrected chi connectivity index (χ3v) is 7.89. The van der Waals surface area contributed by atoms with Crippen LogP contribution in [0.1, 0.15) is 33.9 Å². The van der Waals surface area contributed by atoms with Crippen molar-refractivity contribution >= 4 is 17.5 Å². The number of hydrazone groups is 1. The normalized spacial score (nSPS) is 16.8. The van der Waals surface area contributed by atoms with E-state index in [-0.39, 0.29) is 18.7 Å². The molecule has 10 nitrogen and oxygen atoms in total. The van der Waals surface area contributed by atoms with Crippen molar-refractivity contribution in [1.29, 1.82) is 0 Å². The molecule has 0 aliphatic carbocycles. The fraction of sp³-hybridized carbons (Fsp3) is 0.364. The van der Waals surface area contributed by atoms with Crippen molar-refractivity contribution in [2.45, 2.75) is 12.5 Å². The van der Waals surface area contributed by atoms with Gasteiger partial charge in [-0.25, -0.2) is 9.40 Å². The molecule has 0 radical (unpaired) electrons. The zero-order chi connectivity index (χ0) is 31.1. The van der Waals surface area contributed by atoms with E-state index < -0.39 is 23.7 Å². The van der Waals surface area contributed by atoms with Gasteiger partial charge in [0.1, 0.15) is 29.6 Å². The molecule has 1 atom stereocenters. The molecule has 1 fully saturated rings. The summed E-state index contributed by atoms with van der Waals surface area (Å²) >= 11 is 0. The van der Waals surface area contributed by atoms with Crippen molar-refractivity contribution in [1.82, 2.24) is 14.8 Å². The maximum atomic E-state index is 14.7. The van der Waals surface area contributed by atoms with E-state index in [1.165, 1.54) is 28.1 Å². The van der Waals surface area contributed by atoms with Gasteiger partial charge < -0.3 is 23.8 Å². The van der Waals surface area contributed by atoms with Gasteiger partial charge in [-0.05, 0) is 60.2 Å². The second-order valence-corrected chi connectivity index (χ2v) is 10.5. The summed E-state index contributed by atoms with van der Waals surface area (Å²) in [6.45, 7) is 3.09. The Morgan fingerprint density at radius 3 is 2.34 bits per heavy atom. The van der Waals surface area contributed by atoms with Gasteiger partial charge in [0.05, 0.1) is 51.9 Å². The highest BCUT2D eigenvalue weighted by Crippen LogP contribution is 2.39. The number of nitrogens with zero attached hydrogens (tertiary/aromatic N) is 4. The van der Waals surface area contributed by atoms with Crippen LogP contribution in [0.4, 0.5) is 4.39 Å². The zero-order valence-electron chi connectivity index (χ0n) is 25.2. The summed E-state index contributed by atoms with van der Waals surface area (Å²) in [5.41, 5.74) is 2.15. The Labute approximate surface area is 256 Å². The van der Waals surface area contributed by atoms with Crippen LogP contribution in [-0.4, -0.2) is 99.6 Å². The number of ether oxygens (including phenoxy) is 4. The molecule has 5 rings (SSSR count). The lowest BCUT2D eigenvalue weighted by atomic mass is 9.97. The predicted molar refractivity (Wildman–Crippen MR) is 163 cm³/mol. The molecule has 0 spiro atoms. The first-order chi connectivity index (χ1) is 21.4. The van der Waals surface area contributed by atoms with Gasteiger partial charge in [0.2, 0.25) is 0 Å². The minimum absolute atomic E-state index is 0.0860. The summed E-state index contributed by atoms with van der Waals surface area (Å²) in [6, 6.07) is 18.1. The quantitative estimate of drug-likeness (QED) is 0.327. The van der Waals surface area contributed by atoms with Crippen LogP contribution in [0.2, 0.25) is 0 Å². The molecule has 232 valence electrons. The summed E-state index contributed by atoms with van der Waals surface area (Å²) in [7, 11) is 4.74. The van der Waals surface area contributed by atoms with Gasteiger partial charge in [-0.1, -0.05) is 12.1 Å². The van der Waals surface area contributed by atoms with Gasteiger partial charge >= 0.3 is 0 Å². The van der Waals surface area contributed by atoms with E-state index in [9.17, 15) is 14.0 Å². The molecule has 2 amide bonds. The summed E-state index contributed by atoms with van der Waals surface area (Å²) in [5, 5.41) is 6.19. The summed E-state index contributed by atoms with van der Waals surface area (Å²) in [5.74, 6) is 0.281. The lowest BCUT2D eigenvalue weighted by Gasteiger charge is -2.31. The van der Waals surface area contributed by atoms with Crippen LogP contribution in [0.25, 0.3) is 0 Å². The monoisotopic (exact) mass is 604 g/mol. The van der Waals surface area contributed by atoms with Crippen molar-refractivity contribution < 1.29 is 32.9 Å². The summed E-state index contributed by atoms with van der Waals surface area (Å²) < 4.78 is 36.6. The first-order valence-electron chi connectivity index (χ1n) is 14.5. The molecule has 2 aliphatic heterocycles. The largest absolute Gasteiger partial charge is 0.497 e. The van der Waals surface area contributed by atoms with E-state index in [0.717, 1.165) is 18.7 Å². The van der Waals surface area contributed by atoms with Crippen molar-refractivity contribution in [3.05, 3.63) is 89.2 Å². The van der Waals surface area contributed by atoms with Gasteiger partial charge in [0, 0.05) is 38.2 Å². The number of hydrogen-bond acceptors (Lipinski definition) is 8. The van der Waals surface area contributed by atoms with Crippen molar-refractivity contribution in [3.63, 3.8) is 0 Å².